The molecule has 114 valence electrons. The minimum absolute atomic E-state index is 0.0148. The number of halogens is 1. The Kier molecular flexibility index (Phi) is 3.85. The average molecular weight is 292 g/mol. The SMILES string of the molecule is O=C(NC1CC1c1ccccc1F)NC1(CO)CCCC1. The summed E-state index contributed by atoms with van der Waals surface area (Å²) in [6.07, 6.45) is 4.46. The summed E-state index contributed by atoms with van der Waals surface area (Å²) in [7, 11) is 0. The van der Waals surface area contributed by atoms with Gasteiger partial charge in [-0.2, -0.15) is 0 Å². The number of nitrogens with one attached hydrogen (secondary N) is 2. The number of benzene rings is 1. The van der Waals surface area contributed by atoms with Crippen molar-refractivity contribution in [3.8, 4) is 0 Å². The van der Waals surface area contributed by atoms with E-state index in [1.54, 1.807) is 12.1 Å². The number of amides is 2. The third-order valence-electron chi connectivity index (χ3n) is 4.65. The van der Waals surface area contributed by atoms with Gasteiger partial charge in [-0.05, 0) is 30.9 Å². The zero-order valence-corrected chi connectivity index (χ0v) is 11.9. The molecule has 3 N–H and O–H groups in total. The van der Waals surface area contributed by atoms with Gasteiger partial charge in [-0.15, -0.1) is 0 Å². The number of aliphatic hydroxyl groups excluding tert-OH is 1. The third-order valence-corrected chi connectivity index (χ3v) is 4.65. The van der Waals surface area contributed by atoms with Crippen molar-refractivity contribution in [2.75, 3.05) is 6.61 Å². The lowest BCUT2D eigenvalue weighted by Gasteiger charge is -2.28. The quantitative estimate of drug-likeness (QED) is 0.797. The molecule has 2 saturated carbocycles. The molecule has 2 aliphatic carbocycles. The third kappa shape index (κ3) is 3.02. The molecular formula is C16H21FN2O2. The Morgan fingerprint density at radius 1 is 1.33 bits per heavy atom. The van der Waals surface area contributed by atoms with E-state index < -0.39 is 5.54 Å². The Bertz CT molecular complexity index is 529. The van der Waals surface area contributed by atoms with Crippen LogP contribution >= 0.6 is 0 Å². The molecule has 0 heterocycles. The summed E-state index contributed by atoms with van der Waals surface area (Å²) in [5.41, 5.74) is 0.201. The average Bonchev–Trinajstić information content (AvgIpc) is 3.06. The van der Waals surface area contributed by atoms with Crippen molar-refractivity contribution in [2.24, 2.45) is 0 Å². The van der Waals surface area contributed by atoms with E-state index >= 15 is 0 Å². The molecule has 3 rings (SSSR count). The van der Waals surface area contributed by atoms with Gasteiger partial charge in [0, 0.05) is 12.0 Å². The lowest BCUT2D eigenvalue weighted by Crippen LogP contribution is -2.53. The van der Waals surface area contributed by atoms with Crippen molar-refractivity contribution < 1.29 is 14.3 Å². The van der Waals surface area contributed by atoms with Crippen molar-refractivity contribution in [3.05, 3.63) is 35.6 Å². The molecule has 5 heteroatoms. The van der Waals surface area contributed by atoms with E-state index in [9.17, 15) is 14.3 Å². The Labute approximate surface area is 123 Å². The van der Waals surface area contributed by atoms with E-state index in [1.807, 2.05) is 6.07 Å². The fraction of sp³-hybridized carbons (Fsp3) is 0.562. The van der Waals surface area contributed by atoms with Gasteiger partial charge in [0.15, 0.2) is 0 Å². The first-order valence-corrected chi connectivity index (χ1v) is 7.57. The number of carbonyl (C=O) groups excluding carboxylic acids is 1. The van der Waals surface area contributed by atoms with Crippen molar-refractivity contribution in [1.82, 2.24) is 10.6 Å². The van der Waals surface area contributed by atoms with E-state index in [0.717, 1.165) is 32.1 Å². The van der Waals surface area contributed by atoms with Crippen LogP contribution in [-0.2, 0) is 0 Å². The number of hydrogen-bond acceptors (Lipinski definition) is 2. The van der Waals surface area contributed by atoms with Crippen molar-refractivity contribution in [1.29, 1.82) is 0 Å². The van der Waals surface area contributed by atoms with Crippen molar-refractivity contribution >= 4 is 6.03 Å². The van der Waals surface area contributed by atoms with Crippen LogP contribution in [0.5, 0.6) is 0 Å². The van der Waals surface area contributed by atoms with Gasteiger partial charge in [0.05, 0.1) is 12.1 Å². The van der Waals surface area contributed by atoms with Gasteiger partial charge < -0.3 is 15.7 Å². The monoisotopic (exact) mass is 292 g/mol. The van der Waals surface area contributed by atoms with E-state index in [0.29, 0.717) is 5.56 Å². The molecule has 0 bridgehead atoms. The number of urea groups is 1. The van der Waals surface area contributed by atoms with E-state index in [1.165, 1.54) is 6.07 Å². The molecule has 2 amide bonds. The first kappa shape index (κ1) is 14.3. The maximum atomic E-state index is 13.7. The summed E-state index contributed by atoms with van der Waals surface area (Å²) in [5, 5.41) is 15.3. The number of aliphatic hydroxyl groups is 1. The van der Waals surface area contributed by atoms with Crippen LogP contribution in [-0.4, -0.2) is 29.3 Å². The summed E-state index contributed by atoms with van der Waals surface area (Å²) in [4.78, 5) is 12.0. The lowest BCUT2D eigenvalue weighted by molar-refractivity contribution is 0.162. The molecule has 2 unspecified atom stereocenters. The Morgan fingerprint density at radius 3 is 2.71 bits per heavy atom. The highest BCUT2D eigenvalue weighted by Crippen LogP contribution is 2.41. The van der Waals surface area contributed by atoms with Crippen LogP contribution in [0, 0.1) is 5.82 Å². The topological polar surface area (TPSA) is 61.4 Å². The van der Waals surface area contributed by atoms with Gasteiger partial charge >= 0.3 is 6.03 Å². The number of hydrogen-bond donors (Lipinski definition) is 3. The molecule has 0 spiro atoms. The highest BCUT2D eigenvalue weighted by molar-refractivity contribution is 5.76. The second kappa shape index (κ2) is 5.64. The van der Waals surface area contributed by atoms with Crippen LogP contribution in [0.2, 0.25) is 0 Å². The summed E-state index contributed by atoms with van der Waals surface area (Å²) in [6.45, 7) is -0.0260. The summed E-state index contributed by atoms with van der Waals surface area (Å²) >= 11 is 0. The largest absolute Gasteiger partial charge is 0.394 e. The summed E-state index contributed by atoms with van der Waals surface area (Å²) < 4.78 is 13.7. The Hall–Kier alpha value is -1.62. The van der Waals surface area contributed by atoms with E-state index in [-0.39, 0.29) is 30.4 Å². The van der Waals surface area contributed by atoms with Crippen LogP contribution in [0.3, 0.4) is 0 Å². The van der Waals surface area contributed by atoms with Crippen molar-refractivity contribution in [2.45, 2.75) is 49.6 Å². The summed E-state index contributed by atoms with van der Waals surface area (Å²) in [6, 6.07) is 6.43. The second-order valence-corrected chi connectivity index (χ2v) is 6.21. The molecule has 21 heavy (non-hydrogen) atoms. The predicted octanol–water partition coefficient (Wildman–Crippen LogP) is 2.29. The molecule has 1 aromatic rings. The highest BCUT2D eigenvalue weighted by Gasteiger charge is 2.42. The zero-order valence-electron chi connectivity index (χ0n) is 11.9. The van der Waals surface area contributed by atoms with E-state index in [2.05, 4.69) is 10.6 Å². The minimum atomic E-state index is -0.466. The van der Waals surface area contributed by atoms with Gasteiger partial charge in [-0.1, -0.05) is 31.0 Å². The van der Waals surface area contributed by atoms with Gasteiger partial charge in [0.1, 0.15) is 5.82 Å². The first-order chi connectivity index (χ1) is 10.1. The molecule has 0 aromatic heterocycles. The van der Waals surface area contributed by atoms with Gasteiger partial charge in [0.2, 0.25) is 0 Å². The van der Waals surface area contributed by atoms with Crippen LogP contribution in [0.1, 0.15) is 43.6 Å². The molecule has 4 nitrogen and oxygen atoms in total. The van der Waals surface area contributed by atoms with Crippen molar-refractivity contribution in [3.63, 3.8) is 0 Å². The zero-order chi connectivity index (χ0) is 14.9. The van der Waals surface area contributed by atoms with Crippen LogP contribution in [0.15, 0.2) is 24.3 Å². The maximum Gasteiger partial charge on any atom is 0.315 e. The Morgan fingerprint density at radius 2 is 2.05 bits per heavy atom. The molecule has 2 aliphatic rings. The first-order valence-electron chi connectivity index (χ1n) is 7.57. The summed E-state index contributed by atoms with van der Waals surface area (Å²) in [5.74, 6) is -0.152. The molecule has 0 saturated heterocycles. The molecule has 0 radical (unpaired) electrons. The van der Waals surface area contributed by atoms with Crippen LogP contribution in [0.4, 0.5) is 9.18 Å². The minimum Gasteiger partial charge on any atom is -0.394 e. The molecule has 2 fully saturated rings. The highest BCUT2D eigenvalue weighted by atomic mass is 19.1. The molecule has 2 atom stereocenters. The molecular weight excluding hydrogens is 271 g/mol. The molecule has 0 aliphatic heterocycles. The second-order valence-electron chi connectivity index (χ2n) is 6.21. The van der Waals surface area contributed by atoms with E-state index in [4.69, 9.17) is 0 Å². The predicted molar refractivity (Wildman–Crippen MR) is 77.5 cm³/mol. The normalized spacial score (nSPS) is 26.4. The fourth-order valence-corrected chi connectivity index (χ4v) is 3.29. The lowest BCUT2D eigenvalue weighted by atomic mass is 9.99. The van der Waals surface area contributed by atoms with Crippen LogP contribution in [0.25, 0.3) is 0 Å². The smallest absolute Gasteiger partial charge is 0.315 e. The number of carbonyl (C=O) groups is 1. The standard InChI is InChI=1S/C16H21FN2O2/c17-13-6-2-1-5-11(13)12-9-14(12)18-15(21)19-16(10-20)7-3-4-8-16/h1-2,5-6,12,14,20H,3-4,7-10H2,(H2,18,19,21). The van der Waals surface area contributed by atoms with Gasteiger partial charge in [0.25, 0.3) is 0 Å². The Balaban J connectivity index is 1.54. The van der Waals surface area contributed by atoms with Gasteiger partial charge in [-0.3, -0.25) is 0 Å². The maximum absolute atomic E-state index is 13.7. The fourth-order valence-electron chi connectivity index (χ4n) is 3.29. The van der Waals surface area contributed by atoms with Crippen LogP contribution < -0.4 is 10.6 Å². The van der Waals surface area contributed by atoms with Gasteiger partial charge in [-0.25, -0.2) is 9.18 Å². The number of rotatable bonds is 4. The molecule has 1 aromatic carbocycles.